The molecule has 0 aliphatic heterocycles. The number of hydrogen-bond acceptors (Lipinski definition) is 3. The first-order chi connectivity index (χ1) is 15.7. The molecule has 0 amide bonds. The van der Waals surface area contributed by atoms with Crippen molar-refractivity contribution < 1.29 is 9.22 Å². The van der Waals surface area contributed by atoms with Crippen LogP contribution in [0.25, 0.3) is 0 Å². The van der Waals surface area contributed by atoms with Gasteiger partial charge in [0.05, 0.1) is 0 Å². The Morgan fingerprint density at radius 3 is 1.58 bits per heavy atom. The van der Waals surface area contributed by atoms with Gasteiger partial charge in [-0.1, -0.05) is 124 Å². The molecule has 174 valence electrons. The van der Waals surface area contributed by atoms with E-state index in [1.54, 1.807) is 0 Å². The summed E-state index contributed by atoms with van der Waals surface area (Å²) >= 11 is 1.37. The predicted molar refractivity (Wildman–Crippen MR) is 152 cm³/mol. The van der Waals surface area contributed by atoms with Crippen LogP contribution in [0.1, 0.15) is 20.8 Å². The second kappa shape index (κ2) is 11.1. The molecule has 5 heteroatoms. The SMILES string of the molecule is CC(C)(C)[Si](C)(C)OCCSC(=O)C=P(c1ccccc1)(c1ccccc1)c1ccccc1. The van der Waals surface area contributed by atoms with E-state index in [1.807, 2.05) is 24.0 Å². The molecule has 2 nitrogen and oxygen atoms in total. The van der Waals surface area contributed by atoms with Crippen LogP contribution in [0.2, 0.25) is 18.1 Å². The second-order valence-electron chi connectivity index (χ2n) is 9.63. The molecule has 0 unspecified atom stereocenters. The smallest absolute Gasteiger partial charge is 0.213 e. The number of thioether (sulfide) groups is 1. The van der Waals surface area contributed by atoms with E-state index in [2.05, 4.69) is 107 Å². The maximum atomic E-state index is 13.4. The monoisotopic (exact) mass is 494 g/mol. The van der Waals surface area contributed by atoms with Gasteiger partial charge < -0.3 is 4.43 Å². The van der Waals surface area contributed by atoms with Crippen LogP contribution >= 0.6 is 18.6 Å². The molecule has 3 aromatic carbocycles. The number of rotatable bonds is 8. The zero-order valence-corrected chi connectivity index (χ0v) is 23.0. The fourth-order valence-corrected chi connectivity index (χ4v) is 9.43. The van der Waals surface area contributed by atoms with Crippen molar-refractivity contribution in [2.45, 2.75) is 38.9 Å². The van der Waals surface area contributed by atoms with Gasteiger partial charge in [-0.3, -0.25) is 4.79 Å². The summed E-state index contributed by atoms with van der Waals surface area (Å²) in [6.45, 7) is 9.58. The topological polar surface area (TPSA) is 26.3 Å². The van der Waals surface area contributed by atoms with Crippen molar-refractivity contribution >= 4 is 53.8 Å². The van der Waals surface area contributed by atoms with Crippen molar-refractivity contribution in [3.8, 4) is 0 Å². The minimum atomic E-state index is -2.24. The molecule has 0 saturated carbocycles. The molecule has 3 rings (SSSR count). The Morgan fingerprint density at radius 1 is 0.818 bits per heavy atom. The lowest BCUT2D eigenvalue weighted by molar-refractivity contribution is -0.105. The molecule has 0 spiro atoms. The van der Waals surface area contributed by atoms with Crippen molar-refractivity contribution in [1.29, 1.82) is 0 Å². The van der Waals surface area contributed by atoms with Crippen molar-refractivity contribution in [3.05, 3.63) is 91.0 Å². The van der Waals surface area contributed by atoms with Crippen LogP contribution < -0.4 is 15.9 Å². The van der Waals surface area contributed by atoms with Crippen molar-refractivity contribution in [2.24, 2.45) is 0 Å². The highest BCUT2D eigenvalue weighted by atomic mass is 32.2. The van der Waals surface area contributed by atoms with Crippen LogP contribution in [0.3, 0.4) is 0 Å². The molecule has 0 fully saturated rings. The van der Waals surface area contributed by atoms with Crippen molar-refractivity contribution in [1.82, 2.24) is 0 Å². The van der Waals surface area contributed by atoms with Gasteiger partial charge in [-0.2, -0.15) is 0 Å². The van der Waals surface area contributed by atoms with Gasteiger partial charge in [0.1, 0.15) is 0 Å². The van der Waals surface area contributed by atoms with Crippen molar-refractivity contribution in [3.63, 3.8) is 0 Å². The molecule has 0 saturated heterocycles. The fraction of sp³-hybridized carbons (Fsp3) is 0.286. The van der Waals surface area contributed by atoms with E-state index in [-0.39, 0.29) is 10.2 Å². The molecule has 0 aliphatic carbocycles. The highest BCUT2D eigenvalue weighted by Crippen LogP contribution is 2.44. The Balaban J connectivity index is 1.97. The highest BCUT2D eigenvalue weighted by Gasteiger charge is 2.37. The number of hydrogen-bond donors (Lipinski definition) is 0. The van der Waals surface area contributed by atoms with Gasteiger partial charge >= 0.3 is 0 Å². The summed E-state index contributed by atoms with van der Waals surface area (Å²) < 4.78 is 6.29. The number of benzene rings is 3. The van der Waals surface area contributed by atoms with E-state index in [0.29, 0.717) is 12.4 Å². The maximum absolute atomic E-state index is 13.4. The molecule has 33 heavy (non-hydrogen) atoms. The third-order valence-corrected chi connectivity index (χ3v) is 15.8. The normalized spacial score (nSPS) is 12.4. The minimum absolute atomic E-state index is 0.110. The summed E-state index contributed by atoms with van der Waals surface area (Å²) in [5.41, 5.74) is 0. The first-order valence-corrected chi connectivity index (χ1v) is 17.1. The van der Waals surface area contributed by atoms with Gasteiger partial charge in [-0.05, 0) is 40.9 Å². The predicted octanol–water partition coefficient (Wildman–Crippen LogP) is 6.06. The average Bonchev–Trinajstić information content (AvgIpc) is 2.81. The molecule has 0 aliphatic rings. The molecule has 0 radical (unpaired) electrons. The first kappa shape index (κ1) is 25.8. The molecule has 0 atom stereocenters. The molecule has 0 N–H and O–H groups in total. The fourth-order valence-electron chi connectivity index (χ4n) is 3.51. The summed E-state index contributed by atoms with van der Waals surface area (Å²) in [4.78, 5) is 13.4. The molecular formula is C28H35O2PSSi. The lowest BCUT2D eigenvalue weighted by Gasteiger charge is -2.36. The maximum Gasteiger partial charge on any atom is 0.213 e. The van der Waals surface area contributed by atoms with Crippen molar-refractivity contribution in [2.75, 3.05) is 12.4 Å². The van der Waals surface area contributed by atoms with Gasteiger partial charge in [0.25, 0.3) is 0 Å². The molecule has 3 aromatic rings. The third-order valence-electron chi connectivity index (χ3n) is 6.39. The molecule has 0 aromatic heterocycles. The van der Waals surface area contributed by atoms with Crippen LogP contribution in [0.4, 0.5) is 0 Å². The van der Waals surface area contributed by atoms with E-state index in [4.69, 9.17) is 4.43 Å². The van der Waals surface area contributed by atoms with E-state index >= 15 is 0 Å². The van der Waals surface area contributed by atoms with Crippen LogP contribution in [-0.2, 0) is 9.22 Å². The Hall–Kier alpha value is -1.84. The average molecular weight is 495 g/mol. The van der Waals surface area contributed by atoms with Crippen LogP contribution in [0.15, 0.2) is 91.0 Å². The Bertz CT molecular complexity index is 988. The standard InChI is InChI=1S/C28H35O2PSSi/c1-28(2,3)33(4,5)30-21-22-32-27(29)23-31(24-15-9-6-10-16-24,25-17-11-7-12-18-25)26-19-13-8-14-20-26/h6-20,23H,21-22H2,1-5H3. The number of carbonyl (C=O) groups is 1. The van der Waals surface area contributed by atoms with E-state index in [9.17, 15) is 4.79 Å². The van der Waals surface area contributed by atoms with Gasteiger partial charge in [0, 0.05) is 18.2 Å². The zero-order valence-electron chi connectivity index (χ0n) is 20.3. The molecule has 0 heterocycles. The van der Waals surface area contributed by atoms with E-state index < -0.39 is 15.2 Å². The summed E-state index contributed by atoms with van der Waals surface area (Å²) in [5, 5.41) is 3.85. The van der Waals surface area contributed by atoms with Crippen LogP contribution in [0, 0.1) is 0 Å². The summed E-state index contributed by atoms with van der Waals surface area (Å²) in [6, 6.07) is 31.4. The summed E-state index contributed by atoms with van der Waals surface area (Å²) in [6.07, 6.45) is 0. The van der Waals surface area contributed by atoms with Gasteiger partial charge in [-0.15, -0.1) is 0 Å². The van der Waals surface area contributed by atoms with Gasteiger partial charge in [-0.25, -0.2) is 0 Å². The Kier molecular flexibility index (Phi) is 8.63. The Labute approximate surface area is 204 Å². The van der Waals surface area contributed by atoms with Gasteiger partial charge in [0.15, 0.2) is 8.32 Å². The second-order valence-corrected chi connectivity index (χ2v) is 18.8. The molecular weight excluding hydrogens is 459 g/mol. The minimum Gasteiger partial charge on any atom is -0.416 e. The summed E-state index contributed by atoms with van der Waals surface area (Å²) in [7, 11) is -1.81. The highest BCUT2D eigenvalue weighted by molar-refractivity contribution is 8.17. The Morgan fingerprint density at radius 2 is 1.21 bits per heavy atom. The number of carbonyl (C=O) groups excluding carboxylic acids is 1. The largest absolute Gasteiger partial charge is 0.416 e. The van der Waals surface area contributed by atoms with Gasteiger partial charge in [0.2, 0.25) is 5.12 Å². The van der Waals surface area contributed by atoms with E-state index in [1.165, 1.54) is 27.7 Å². The van der Waals surface area contributed by atoms with Crippen LogP contribution in [-0.4, -0.2) is 31.6 Å². The lowest BCUT2D eigenvalue weighted by atomic mass is 10.2. The third kappa shape index (κ3) is 6.19. The quantitative estimate of drug-likeness (QED) is 0.216. The zero-order chi connectivity index (χ0) is 24.0. The molecule has 0 bridgehead atoms. The van der Waals surface area contributed by atoms with E-state index in [0.717, 1.165) is 0 Å². The van der Waals surface area contributed by atoms with Crippen LogP contribution in [0.5, 0.6) is 0 Å². The lowest BCUT2D eigenvalue weighted by Crippen LogP contribution is -2.41. The summed E-state index contributed by atoms with van der Waals surface area (Å²) in [5.74, 6) is 2.67. The first-order valence-electron chi connectivity index (χ1n) is 11.4.